The van der Waals surface area contributed by atoms with E-state index in [-0.39, 0.29) is 0 Å². The predicted molar refractivity (Wildman–Crippen MR) is 89.5 cm³/mol. The molecule has 3 N–H and O–H groups in total. The zero-order chi connectivity index (χ0) is 16.8. The van der Waals surface area contributed by atoms with E-state index in [1.165, 1.54) is 12.1 Å². The lowest BCUT2D eigenvalue weighted by molar-refractivity contribution is -0.119. The SMILES string of the molecule is N#Cc1ccc(C(=O)N[C@@H](Cc2ccccc2Br)C(N)=O)cc1. The predicted octanol–water partition coefficient (Wildman–Crippen LogP) is 2.15. The van der Waals surface area contributed by atoms with E-state index < -0.39 is 17.9 Å². The summed E-state index contributed by atoms with van der Waals surface area (Å²) in [6.45, 7) is 0. The summed E-state index contributed by atoms with van der Waals surface area (Å²) in [6, 6.07) is 14.7. The van der Waals surface area contributed by atoms with Crippen molar-refractivity contribution in [3.8, 4) is 6.07 Å². The zero-order valence-corrected chi connectivity index (χ0v) is 13.7. The molecule has 2 aromatic carbocycles. The smallest absolute Gasteiger partial charge is 0.251 e. The largest absolute Gasteiger partial charge is 0.368 e. The summed E-state index contributed by atoms with van der Waals surface area (Å²) in [7, 11) is 0. The second kappa shape index (κ2) is 7.56. The first kappa shape index (κ1) is 16.7. The lowest BCUT2D eigenvalue weighted by atomic mass is 10.0. The van der Waals surface area contributed by atoms with Crippen molar-refractivity contribution in [2.75, 3.05) is 0 Å². The molecule has 0 heterocycles. The number of primary amides is 1. The van der Waals surface area contributed by atoms with Crippen LogP contribution in [0.5, 0.6) is 0 Å². The minimum atomic E-state index is -0.822. The van der Waals surface area contributed by atoms with Crippen LogP contribution in [0.3, 0.4) is 0 Å². The van der Waals surface area contributed by atoms with Crippen LogP contribution in [0.2, 0.25) is 0 Å². The Morgan fingerprint density at radius 1 is 1.17 bits per heavy atom. The lowest BCUT2D eigenvalue weighted by Gasteiger charge is -2.16. The number of carbonyl (C=O) groups is 2. The van der Waals surface area contributed by atoms with Gasteiger partial charge in [0.2, 0.25) is 5.91 Å². The van der Waals surface area contributed by atoms with Gasteiger partial charge in [0, 0.05) is 16.5 Å². The summed E-state index contributed by atoms with van der Waals surface area (Å²) < 4.78 is 0.846. The van der Waals surface area contributed by atoms with Crippen LogP contribution in [0, 0.1) is 11.3 Å². The Labute approximate surface area is 142 Å². The number of nitrogens with one attached hydrogen (secondary N) is 1. The van der Waals surface area contributed by atoms with E-state index >= 15 is 0 Å². The summed E-state index contributed by atoms with van der Waals surface area (Å²) in [5.41, 5.74) is 7.09. The standard InChI is InChI=1S/C17H14BrN3O2/c18-14-4-2-1-3-13(14)9-15(16(20)22)21-17(23)12-7-5-11(10-19)6-8-12/h1-8,15H,9H2,(H2,20,22)(H,21,23)/t15-/m0/s1. The topological polar surface area (TPSA) is 96.0 Å². The van der Waals surface area contributed by atoms with Crippen molar-refractivity contribution in [1.82, 2.24) is 5.32 Å². The van der Waals surface area contributed by atoms with Gasteiger partial charge in [-0.05, 0) is 35.9 Å². The molecule has 0 aromatic heterocycles. The number of rotatable bonds is 5. The maximum Gasteiger partial charge on any atom is 0.251 e. The van der Waals surface area contributed by atoms with Crippen LogP contribution in [0.25, 0.3) is 0 Å². The van der Waals surface area contributed by atoms with E-state index in [9.17, 15) is 9.59 Å². The first-order valence-corrected chi connectivity index (χ1v) is 7.64. The number of nitrogens with two attached hydrogens (primary N) is 1. The Balaban J connectivity index is 2.13. The number of nitrogens with zero attached hydrogens (tertiary/aromatic N) is 1. The molecule has 116 valence electrons. The van der Waals surface area contributed by atoms with Crippen molar-refractivity contribution in [2.45, 2.75) is 12.5 Å². The Kier molecular flexibility index (Phi) is 5.50. The first-order chi connectivity index (χ1) is 11.0. The highest BCUT2D eigenvalue weighted by Crippen LogP contribution is 2.17. The quantitative estimate of drug-likeness (QED) is 0.842. The third kappa shape index (κ3) is 4.41. The monoisotopic (exact) mass is 371 g/mol. The average Bonchev–Trinajstić information content (AvgIpc) is 2.56. The van der Waals surface area contributed by atoms with Crippen LogP contribution < -0.4 is 11.1 Å². The second-order valence-electron chi connectivity index (χ2n) is 4.91. The van der Waals surface area contributed by atoms with Gasteiger partial charge in [0.25, 0.3) is 5.91 Å². The van der Waals surface area contributed by atoms with Crippen molar-refractivity contribution in [2.24, 2.45) is 5.73 Å². The molecule has 0 spiro atoms. The van der Waals surface area contributed by atoms with Crippen LogP contribution in [0.4, 0.5) is 0 Å². The third-order valence-electron chi connectivity index (χ3n) is 3.31. The molecule has 0 aliphatic carbocycles. The summed E-state index contributed by atoms with van der Waals surface area (Å²) in [4.78, 5) is 23.9. The highest BCUT2D eigenvalue weighted by atomic mass is 79.9. The van der Waals surface area contributed by atoms with Gasteiger partial charge in [-0.15, -0.1) is 0 Å². The van der Waals surface area contributed by atoms with E-state index in [1.54, 1.807) is 12.1 Å². The molecule has 5 nitrogen and oxygen atoms in total. The summed E-state index contributed by atoms with van der Waals surface area (Å²) in [5, 5.41) is 11.4. The van der Waals surface area contributed by atoms with Crippen molar-refractivity contribution >= 4 is 27.7 Å². The maximum absolute atomic E-state index is 12.2. The Morgan fingerprint density at radius 2 is 1.83 bits per heavy atom. The van der Waals surface area contributed by atoms with Crippen LogP contribution >= 0.6 is 15.9 Å². The Bertz CT molecular complexity index is 766. The van der Waals surface area contributed by atoms with E-state index in [2.05, 4.69) is 21.2 Å². The molecule has 0 radical (unpaired) electrons. The van der Waals surface area contributed by atoms with Crippen molar-refractivity contribution < 1.29 is 9.59 Å². The zero-order valence-electron chi connectivity index (χ0n) is 12.1. The Hall–Kier alpha value is -2.65. The van der Waals surface area contributed by atoms with E-state index in [4.69, 9.17) is 11.0 Å². The minimum Gasteiger partial charge on any atom is -0.368 e. The summed E-state index contributed by atoms with van der Waals surface area (Å²) in [5.74, 6) is -1.02. The number of nitriles is 1. The number of hydrogen-bond donors (Lipinski definition) is 2. The van der Waals surface area contributed by atoms with Crippen molar-refractivity contribution in [3.05, 3.63) is 69.7 Å². The number of hydrogen-bond acceptors (Lipinski definition) is 3. The fourth-order valence-electron chi connectivity index (χ4n) is 2.04. The molecule has 6 heteroatoms. The normalized spacial score (nSPS) is 11.3. The fourth-order valence-corrected chi connectivity index (χ4v) is 2.49. The fraction of sp³-hybridized carbons (Fsp3) is 0.118. The molecule has 0 fully saturated rings. The van der Waals surface area contributed by atoms with Gasteiger partial charge >= 0.3 is 0 Å². The Morgan fingerprint density at radius 3 is 2.39 bits per heavy atom. The maximum atomic E-state index is 12.2. The van der Waals surface area contributed by atoms with Gasteiger partial charge in [0.15, 0.2) is 0 Å². The molecule has 0 aliphatic heterocycles. The molecule has 2 amide bonds. The highest BCUT2D eigenvalue weighted by molar-refractivity contribution is 9.10. The van der Waals surface area contributed by atoms with Gasteiger partial charge < -0.3 is 11.1 Å². The molecule has 0 unspecified atom stereocenters. The van der Waals surface area contributed by atoms with Gasteiger partial charge in [-0.3, -0.25) is 9.59 Å². The second-order valence-corrected chi connectivity index (χ2v) is 5.77. The number of carbonyl (C=O) groups excluding carboxylic acids is 2. The molecule has 0 aliphatic rings. The molecule has 0 bridgehead atoms. The molecule has 0 saturated heterocycles. The summed E-state index contributed by atoms with van der Waals surface area (Å²) in [6.07, 6.45) is 0.290. The van der Waals surface area contributed by atoms with Gasteiger partial charge in [-0.2, -0.15) is 5.26 Å². The van der Waals surface area contributed by atoms with Gasteiger partial charge in [-0.1, -0.05) is 34.1 Å². The van der Waals surface area contributed by atoms with Crippen LogP contribution in [0.15, 0.2) is 53.0 Å². The molecule has 0 saturated carbocycles. The molecular formula is C17H14BrN3O2. The van der Waals surface area contributed by atoms with Gasteiger partial charge in [0.05, 0.1) is 11.6 Å². The molecule has 2 rings (SSSR count). The van der Waals surface area contributed by atoms with Crippen molar-refractivity contribution in [1.29, 1.82) is 5.26 Å². The van der Waals surface area contributed by atoms with E-state index in [0.717, 1.165) is 10.0 Å². The number of halogens is 1. The van der Waals surface area contributed by atoms with E-state index in [1.807, 2.05) is 30.3 Å². The molecule has 1 atom stereocenters. The van der Waals surface area contributed by atoms with Gasteiger partial charge in [0.1, 0.15) is 6.04 Å². The average molecular weight is 372 g/mol. The van der Waals surface area contributed by atoms with Crippen LogP contribution in [-0.2, 0) is 11.2 Å². The van der Waals surface area contributed by atoms with E-state index in [0.29, 0.717) is 17.5 Å². The molecule has 23 heavy (non-hydrogen) atoms. The van der Waals surface area contributed by atoms with Gasteiger partial charge in [-0.25, -0.2) is 0 Å². The minimum absolute atomic E-state index is 0.290. The highest BCUT2D eigenvalue weighted by Gasteiger charge is 2.20. The first-order valence-electron chi connectivity index (χ1n) is 6.85. The van der Waals surface area contributed by atoms with Crippen molar-refractivity contribution in [3.63, 3.8) is 0 Å². The lowest BCUT2D eigenvalue weighted by Crippen LogP contribution is -2.45. The number of benzene rings is 2. The number of amides is 2. The summed E-state index contributed by atoms with van der Waals surface area (Å²) >= 11 is 3.41. The van der Waals surface area contributed by atoms with Crippen LogP contribution in [-0.4, -0.2) is 17.9 Å². The third-order valence-corrected chi connectivity index (χ3v) is 4.08. The van der Waals surface area contributed by atoms with Crippen LogP contribution in [0.1, 0.15) is 21.5 Å². The molecular weight excluding hydrogens is 358 g/mol. The molecule has 2 aromatic rings.